The number of hydrogen-bond acceptors (Lipinski definition) is 2. The summed E-state index contributed by atoms with van der Waals surface area (Å²) in [5, 5.41) is 12.1. The minimum atomic E-state index is -0.907. The smallest absolute Gasteiger partial charge is 0.335 e. The average Bonchev–Trinajstić information content (AvgIpc) is 2.84. The number of benzene rings is 1. The van der Waals surface area contributed by atoms with Crippen LogP contribution < -0.4 is 5.32 Å². The third-order valence-corrected chi connectivity index (χ3v) is 2.85. The Kier molecular flexibility index (Phi) is 3.67. The second-order valence-electron chi connectivity index (χ2n) is 4.03. The number of aromatic carboxylic acids is 1. The van der Waals surface area contributed by atoms with E-state index in [0.29, 0.717) is 12.1 Å². The monoisotopic (exact) mass is 244 g/mol. The van der Waals surface area contributed by atoms with Crippen LogP contribution in [0, 0.1) is 0 Å². The van der Waals surface area contributed by atoms with Gasteiger partial charge in [0.15, 0.2) is 0 Å². The number of anilines is 1. The number of nitrogens with one attached hydrogen (secondary N) is 1. The zero-order chi connectivity index (χ0) is 13.0. The summed E-state index contributed by atoms with van der Waals surface area (Å²) in [7, 11) is 0. The Labute approximate surface area is 106 Å². The number of aromatic nitrogens is 1. The molecule has 0 atom stereocenters. The molecule has 0 fully saturated rings. The third kappa shape index (κ3) is 2.71. The molecule has 0 spiro atoms. The van der Waals surface area contributed by atoms with E-state index in [1.54, 1.807) is 18.2 Å². The zero-order valence-electron chi connectivity index (χ0n) is 10.3. The first kappa shape index (κ1) is 12.2. The number of nitrogens with zero attached hydrogens (tertiary/aromatic N) is 1. The Balaban J connectivity index is 2.06. The van der Waals surface area contributed by atoms with Gasteiger partial charge in [0.25, 0.3) is 0 Å². The summed E-state index contributed by atoms with van der Waals surface area (Å²) in [6.07, 6.45) is 2.03. The van der Waals surface area contributed by atoms with Crippen molar-refractivity contribution in [3.8, 4) is 0 Å². The first-order chi connectivity index (χ1) is 8.70. The van der Waals surface area contributed by atoms with Crippen LogP contribution in [-0.4, -0.2) is 15.6 Å². The Bertz CT molecular complexity index is 546. The zero-order valence-corrected chi connectivity index (χ0v) is 10.3. The van der Waals surface area contributed by atoms with Crippen LogP contribution in [0.1, 0.15) is 23.0 Å². The lowest BCUT2D eigenvalue weighted by Gasteiger charge is -2.09. The molecule has 0 saturated heterocycles. The second kappa shape index (κ2) is 5.40. The van der Waals surface area contributed by atoms with E-state index in [9.17, 15) is 4.79 Å². The van der Waals surface area contributed by atoms with Gasteiger partial charge in [-0.3, -0.25) is 0 Å². The molecule has 0 unspecified atom stereocenters. The molecule has 1 aromatic carbocycles. The molecule has 4 nitrogen and oxygen atoms in total. The van der Waals surface area contributed by atoms with Crippen molar-refractivity contribution < 1.29 is 9.90 Å². The van der Waals surface area contributed by atoms with E-state index < -0.39 is 5.97 Å². The average molecular weight is 244 g/mol. The molecule has 1 aromatic heterocycles. The Morgan fingerprint density at radius 3 is 2.89 bits per heavy atom. The SMILES string of the molecule is CCn1cccc1CNc1cccc(C(=O)O)c1. The molecule has 18 heavy (non-hydrogen) atoms. The Morgan fingerprint density at radius 2 is 2.17 bits per heavy atom. The van der Waals surface area contributed by atoms with Crippen molar-refractivity contribution in [3.05, 3.63) is 53.9 Å². The standard InChI is InChI=1S/C14H16N2O2/c1-2-16-8-4-7-13(16)10-15-12-6-3-5-11(9-12)14(17)18/h3-9,15H,2,10H2,1H3,(H,17,18). The molecule has 4 heteroatoms. The maximum Gasteiger partial charge on any atom is 0.335 e. The van der Waals surface area contributed by atoms with Crippen molar-refractivity contribution in [2.75, 3.05) is 5.32 Å². The van der Waals surface area contributed by atoms with Gasteiger partial charge in [0.1, 0.15) is 0 Å². The van der Waals surface area contributed by atoms with Crippen molar-refractivity contribution in [2.24, 2.45) is 0 Å². The van der Waals surface area contributed by atoms with Crippen molar-refractivity contribution in [1.29, 1.82) is 0 Å². The predicted octanol–water partition coefficient (Wildman–Crippen LogP) is 2.82. The van der Waals surface area contributed by atoms with E-state index in [2.05, 4.69) is 22.9 Å². The number of hydrogen-bond donors (Lipinski definition) is 2. The fraction of sp³-hybridized carbons (Fsp3) is 0.214. The summed E-state index contributed by atoms with van der Waals surface area (Å²) >= 11 is 0. The summed E-state index contributed by atoms with van der Waals surface area (Å²) in [6.45, 7) is 3.71. The van der Waals surface area contributed by atoms with Crippen molar-refractivity contribution in [3.63, 3.8) is 0 Å². The maximum atomic E-state index is 10.9. The molecule has 0 aliphatic heterocycles. The summed E-state index contributed by atoms with van der Waals surface area (Å²) in [4.78, 5) is 10.9. The molecular formula is C14H16N2O2. The van der Waals surface area contributed by atoms with Crippen molar-refractivity contribution >= 4 is 11.7 Å². The third-order valence-electron chi connectivity index (χ3n) is 2.85. The molecular weight excluding hydrogens is 228 g/mol. The van der Waals surface area contributed by atoms with Gasteiger partial charge in [0.05, 0.1) is 12.1 Å². The fourth-order valence-corrected chi connectivity index (χ4v) is 1.87. The van der Waals surface area contributed by atoms with Crippen LogP contribution in [-0.2, 0) is 13.1 Å². The highest BCUT2D eigenvalue weighted by molar-refractivity contribution is 5.88. The van der Waals surface area contributed by atoms with Gasteiger partial charge >= 0.3 is 5.97 Å². The van der Waals surface area contributed by atoms with E-state index in [-0.39, 0.29) is 0 Å². The largest absolute Gasteiger partial charge is 0.478 e. The second-order valence-corrected chi connectivity index (χ2v) is 4.03. The molecule has 94 valence electrons. The molecule has 2 rings (SSSR count). The number of carbonyl (C=O) groups is 1. The summed E-state index contributed by atoms with van der Waals surface area (Å²) in [5.74, 6) is -0.907. The lowest BCUT2D eigenvalue weighted by atomic mass is 10.2. The summed E-state index contributed by atoms with van der Waals surface area (Å²) in [6, 6.07) is 10.9. The molecule has 2 N–H and O–H groups in total. The van der Waals surface area contributed by atoms with Gasteiger partial charge in [-0.05, 0) is 37.3 Å². The van der Waals surface area contributed by atoms with E-state index in [1.165, 1.54) is 5.69 Å². The van der Waals surface area contributed by atoms with Crippen LogP contribution in [0.25, 0.3) is 0 Å². The minimum absolute atomic E-state index is 0.297. The van der Waals surface area contributed by atoms with Gasteiger partial charge in [-0.25, -0.2) is 4.79 Å². The normalized spacial score (nSPS) is 10.3. The van der Waals surface area contributed by atoms with Gasteiger partial charge in [0.2, 0.25) is 0 Å². The van der Waals surface area contributed by atoms with Gasteiger partial charge in [0, 0.05) is 24.1 Å². The van der Waals surface area contributed by atoms with Crippen LogP contribution in [0.5, 0.6) is 0 Å². The first-order valence-electron chi connectivity index (χ1n) is 5.92. The summed E-state index contributed by atoms with van der Waals surface area (Å²) < 4.78 is 2.15. The van der Waals surface area contributed by atoms with E-state index in [0.717, 1.165) is 12.2 Å². The van der Waals surface area contributed by atoms with E-state index >= 15 is 0 Å². The lowest BCUT2D eigenvalue weighted by Crippen LogP contribution is -2.06. The molecule has 1 heterocycles. The number of rotatable bonds is 5. The van der Waals surface area contributed by atoms with Crippen LogP contribution in [0.15, 0.2) is 42.6 Å². The number of carboxylic acid groups (broad SMARTS) is 1. The highest BCUT2D eigenvalue weighted by Gasteiger charge is 2.03. The van der Waals surface area contributed by atoms with E-state index in [1.807, 2.05) is 18.3 Å². The molecule has 0 amide bonds. The van der Waals surface area contributed by atoms with Gasteiger partial charge in [-0.15, -0.1) is 0 Å². The Morgan fingerprint density at radius 1 is 1.33 bits per heavy atom. The molecule has 0 aliphatic rings. The fourth-order valence-electron chi connectivity index (χ4n) is 1.87. The van der Waals surface area contributed by atoms with Crippen LogP contribution in [0.2, 0.25) is 0 Å². The van der Waals surface area contributed by atoms with Crippen molar-refractivity contribution in [1.82, 2.24) is 4.57 Å². The highest BCUT2D eigenvalue weighted by Crippen LogP contribution is 2.12. The molecule has 0 bridgehead atoms. The van der Waals surface area contributed by atoms with E-state index in [4.69, 9.17) is 5.11 Å². The van der Waals surface area contributed by atoms with Crippen LogP contribution >= 0.6 is 0 Å². The van der Waals surface area contributed by atoms with Gasteiger partial charge < -0.3 is 15.0 Å². The molecule has 2 aromatic rings. The van der Waals surface area contributed by atoms with Gasteiger partial charge in [-0.2, -0.15) is 0 Å². The molecule has 0 radical (unpaired) electrons. The van der Waals surface area contributed by atoms with Crippen LogP contribution in [0.4, 0.5) is 5.69 Å². The first-order valence-corrected chi connectivity index (χ1v) is 5.92. The van der Waals surface area contributed by atoms with Crippen LogP contribution in [0.3, 0.4) is 0 Å². The minimum Gasteiger partial charge on any atom is -0.478 e. The summed E-state index contributed by atoms with van der Waals surface area (Å²) in [5.41, 5.74) is 2.29. The maximum absolute atomic E-state index is 10.9. The number of aryl methyl sites for hydroxylation is 1. The number of carboxylic acids is 1. The lowest BCUT2D eigenvalue weighted by molar-refractivity contribution is 0.0697. The molecule has 0 saturated carbocycles. The Hall–Kier alpha value is -2.23. The van der Waals surface area contributed by atoms with Gasteiger partial charge in [-0.1, -0.05) is 6.07 Å². The molecule has 0 aliphatic carbocycles. The van der Waals surface area contributed by atoms with Crippen molar-refractivity contribution in [2.45, 2.75) is 20.0 Å². The topological polar surface area (TPSA) is 54.3 Å². The predicted molar refractivity (Wildman–Crippen MR) is 70.8 cm³/mol. The quantitative estimate of drug-likeness (QED) is 0.850. The highest BCUT2D eigenvalue weighted by atomic mass is 16.4.